The zero-order chi connectivity index (χ0) is 20.4. The molecule has 0 N–H and O–H groups in total. The number of carbonyl (C=O) groups is 1. The van der Waals surface area contributed by atoms with E-state index in [4.69, 9.17) is 9.47 Å². The maximum absolute atomic E-state index is 13.2. The van der Waals surface area contributed by atoms with Gasteiger partial charge in [0.1, 0.15) is 11.5 Å². The van der Waals surface area contributed by atoms with Crippen molar-refractivity contribution in [2.24, 2.45) is 4.99 Å². The largest absolute Gasteiger partial charge is 0.493 e. The molecule has 1 aliphatic rings. The molecule has 0 fully saturated rings. The second-order valence-corrected chi connectivity index (χ2v) is 7.83. The van der Waals surface area contributed by atoms with E-state index in [1.807, 2.05) is 35.7 Å². The van der Waals surface area contributed by atoms with Crippen LogP contribution in [0, 0.1) is 0 Å². The molecule has 1 aliphatic heterocycles. The molecule has 2 heterocycles. The van der Waals surface area contributed by atoms with Gasteiger partial charge in [-0.25, -0.2) is 14.9 Å². The summed E-state index contributed by atoms with van der Waals surface area (Å²) in [5, 5.41) is 2.41. The number of anilines is 1. The van der Waals surface area contributed by atoms with Crippen molar-refractivity contribution < 1.29 is 14.3 Å². The molecule has 0 radical (unpaired) electrons. The zero-order valence-electron chi connectivity index (χ0n) is 15.6. The van der Waals surface area contributed by atoms with E-state index in [1.54, 1.807) is 43.5 Å². The number of methoxy groups -OCH3 is 2. The molecule has 8 heteroatoms. The van der Waals surface area contributed by atoms with Crippen molar-refractivity contribution in [2.75, 3.05) is 19.1 Å². The molecular formula is C21H16BrN3O3S. The van der Waals surface area contributed by atoms with Gasteiger partial charge in [-0.15, -0.1) is 11.3 Å². The van der Waals surface area contributed by atoms with Crippen LogP contribution in [-0.2, 0) is 4.79 Å². The molecule has 1 aromatic heterocycles. The van der Waals surface area contributed by atoms with Crippen molar-refractivity contribution in [1.29, 1.82) is 0 Å². The molecule has 0 spiro atoms. The van der Waals surface area contributed by atoms with Gasteiger partial charge >= 0.3 is 0 Å². The van der Waals surface area contributed by atoms with Crippen molar-refractivity contribution in [3.8, 4) is 11.5 Å². The lowest BCUT2D eigenvalue weighted by atomic mass is 10.1. The van der Waals surface area contributed by atoms with Gasteiger partial charge in [0.05, 0.1) is 14.2 Å². The van der Waals surface area contributed by atoms with E-state index in [1.165, 1.54) is 11.3 Å². The van der Waals surface area contributed by atoms with Crippen LogP contribution in [0.2, 0.25) is 0 Å². The average Bonchev–Trinajstić information content (AvgIpc) is 3.37. The lowest BCUT2D eigenvalue weighted by Gasteiger charge is -2.14. The van der Waals surface area contributed by atoms with E-state index in [-0.39, 0.29) is 5.91 Å². The zero-order valence-corrected chi connectivity index (χ0v) is 18.0. The first kappa shape index (κ1) is 19.4. The third-order valence-corrected chi connectivity index (χ3v) is 5.57. The molecule has 146 valence electrons. The fraction of sp³-hybridized carbons (Fsp3) is 0.0952. The molecule has 2 aromatic carbocycles. The molecule has 1 amide bonds. The minimum absolute atomic E-state index is 0.229. The highest BCUT2D eigenvalue weighted by Crippen LogP contribution is 2.32. The van der Waals surface area contributed by atoms with Gasteiger partial charge in [-0.3, -0.25) is 4.79 Å². The number of aromatic nitrogens is 1. The van der Waals surface area contributed by atoms with Crippen LogP contribution in [0.15, 0.2) is 69.2 Å². The number of benzene rings is 2. The van der Waals surface area contributed by atoms with Crippen LogP contribution >= 0.6 is 27.3 Å². The molecule has 0 unspecified atom stereocenters. The van der Waals surface area contributed by atoms with E-state index < -0.39 is 0 Å². The first-order valence-electron chi connectivity index (χ1n) is 8.63. The topological polar surface area (TPSA) is 64.0 Å². The van der Waals surface area contributed by atoms with Crippen molar-refractivity contribution in [3.05, 3.63) is 75.3 Å². The Bertz CT molecular complexity index is 1110. The number of amides is 1. The Kier molecular flexibility index (Phi) is 5.46. The van der Waals surface area contributed by atoms with E-state index >= 15 is 0 Å². The van der Waals surface area contributed by atoms with Gasteiger partial charge in [0.2, 0.25) is 0 Å². The number of hydrogen-bond donors (Lipinski definition) is 0. The number of carbonyl (C=O) groups excluding carboxylic acids is 1. The lowest BCUT2D eigenvalue weighted by Crippen LogP contribution is -2.32. The highest BCUT2D eigenvalue weighted by molar-refractivity contribution is 9.10. The van der Waals surface area contributed by atoms with E-state index in [0.717, 1.165) is 15.6 Å². The summed E-state index contributed by atoms with van der Waals surface area (Å²) in [6, 6.07) is 13.1. The number of nitrogens with zero attached hydrogens (tertiary/aromatic N) is 3. The van der Waals surface area contributed by atoms with E-state index in [0.29, 0.717) is 28.2 Å². The Hall–Kier alpha value is -2.97. The monoisotopic (exact) mass is 469 g/mol. The summed E-state index contributed by atoms with van der Waals surface area (Å²) in [4.78, 5) is 23.7. The summed E-state index contributed by atoms with van der Waals surface area (Å²) < 4.78 is 11.6. The van der Waals surface area contributed by atoms with Crippen LogP contribution in [0.4, 0.5) is 5.13 Å². The summed E-state index contributed by atoms with van der Waals surface area (Å²) in [5.74, 6) is 1.52. The lowest BCUT2D eigenvalue weighted by molar-refractivity contribution is -0.113. The third-order valence-electron chi connectivity index (χ3n) is 4.28. The fourth-order valence-corrected chi connectivity index (χ4v) is 3.82. The van der Waals surface area contributed by atoms with Crippen molar-refractivity contribution >= 4 is 50.2 Å². The number of hydrogen-bond acceptors (Lipinski definition) is 6. The van der Waals surface area contributed by atoms with Crippen LogP contribution in [0.5, 0.6) is 11.5 Å². The van der Waals surface area contributed by atoms with Gasteiger partial charge in [0.25, 0.3) is 5.91 Å². The number of ether oxygens (including phenoxy) is 2. The first-order chi connectivity index (χ1) is 14.1. The Morgan fingerprint density at radius 2 is 1.83 bits per heavy atom. The quantitative estimate of drug-likeness (QED) is 0.505. The molecule has 0 saturated heterocycles. The summed E-state index contributed by atoms with van der Waals surface area (Å²) in [7, 11) is 3.15. The summed E-state index contributed by atoms with van der Waals surface area (Å²) in [6.45, 7) is 0. The van der Waals surface area contributed by atoms with Gasteiger partial charge in [0, 0.05) is 21.6 Å². The van der Waals surface area contributed by atoms with Crippen molar-refractivity contribution in [2.45, 2.75) is 0 Å². The van der Waals surface area contributed by atoms with E-state index in [9.17, 15) is 4.79 Å². The van der Waals surface area contributed by atoms with Crippen molar-refractivity contribution in [3.63, 3.8) is 0 Å². The molecular weight excluding hydrogens is 454 g/mol. The van der Waals surface area contributed by atoms with Crippen molar-refractivity contribution in [1.82, 2.24) is 4.98 Å². The highest BCUT2D eigenvalue weighted by atomic mass is 79.9. The van der Waals surface area contributed by atoms with Crippen LogP contribution in [0.3, 0.4) is 0 Å². The number of thiazole rings is 1. The molecule has 29 heavy (non-hydrogen) atoms. The molecule has 3 aromatic rings. The smallest absolute Gasteiger partial charge is 0.284 e. The van der Waals surface area contributed by atoms with Gasteiger partial charge in [-0.2, -0.15) is 0 Å². The fourth-order valence-electron chi connectivity index (χ4n) is 2.91. The highest BCUT2D eigenvalue weighted by Gasteiger charge is 2.34. The third kappa shape index (κ3) is 3.81. The molecule has 0 saturated carbocycles. The predicted octanol–water partition coefficient (Wildman–Crippen LogP) is 4.76. The summed E-state index contributed by atoms with van der Waals surface area (Å²) in [6.07, 6.45) is 3.40. The number of aliphatic imine (C=N–C) groups is 1. The summed E-state index contributed by atoms with van der Waals surface area (Å²) >= 11 is 4.82. The molecule has 0 atom stereocenters. The second-order valence-electron chi connectivity index (χ2n) is 6.04. The summed E-state index contributed by atoms with van der Waals surface area (Å²) in [5.41, 5.74) is 1.93. The predicted molar refractivity (Wildman–Crippen MR) is 118 cm³/mol. The number of halogens is 1. The average molecular weight is 470 g/mol. The normalized spacial score (nSPS) is 15.0. The van der Waals surface area contributed by atoms with Gasteiger partial charge in [-0.1, -0.05) is 34.1 Å². The van der Waals surface area contributed by atoms with Crippen LogP contribution in [0.1, 0.15) is 11.1 Å². The maximum atomic E-state index is 13.2. The first-order valence-corrected chi connectivity index (χ1v) is 10.3. The Balaban J connectivity index is 1.78. The Morgan fingerprint density at radius 3 is 2.48 bits per heavy atom. The van der Waals surface area contributed by atoms with Crippen LogP contribution in [-0.4, -0.2) is 30.9 Å². The number of rotatable bonds is 5. The standard InChI is InChI=1S/C21H16BrN3O3S/c1-27-17-8-3-13(12-18(17)28-2)11-16-20(26)25(21-23-9-10-29-21)19(24-16)14-4-6-15(22)7-5-14/h3-12H,1-2H3/b16-11-. The molecule has 6 nitrogen and oxygen atoms in total. The molecule has 4 rings (SSSR count). The Morgan fingerprint density at radius 1 is 1.07 bits per heavy atom. The van der Waals surface area contributed by atoms with Crippen LogP contribution in [0.25, 0.3) is 6.08 Å². The van der Waals surface area contributed by atoms with Gasteiger partial charge < -0.3 is 9.47 Å². The minimum Gasteiger partial charge on any atom is -0.493 e. The van der Waals surface area contributed by atoms with Gasteiger partial charge in [0.15, 0.2) is 16.6 Å². The molecule has 0 aliphatic carbocycles. The maximum Gasteiger partial charge on any atom is 0.284 e. The van der Waals surface area contributed by atoms with Gasteiger partial charge in [-0.05, 0) is 35.9 Å². The second kappa shape index (κ2) is 8.18. The SMILES string of the molecule is COc1ccc(/C=C2\N=C(c3ccc(Br)cc3)N(c3nccs3)C2=O)cc1OC. The molecule has 0 bridgehead atoms. The van der Waals surface area contributed by atoms with E-state index in [2.05, 4.69) is 25.9 Å². The van der Waals surface area contributed by atoms with Crippen LogP contribution < -0.4 is 14.4 Å². The number of amidine groups is 1. The minimum atomic E-state index is -0.229. The Labute approximate surface area is 180 Å².